The topological polar surface area (TPSA) is 35.2 Å². The summed E-state index contributed by atoms with van der Waals surface area (Å²) in [5.74, 6) is 0. The molecule has 0 aliphatic carbocycles. The van der Waals surface area contributed by atoms with E-state index in [1.165, 1.54) is 41.9 Å². The van der Waals surface area contributed by atoms with Gasteiger partial charge in [-0.3, -0.25) is 0 Å². The fourth-order valence-corrected chi connectivity index (χ4v) is 3.33. The van der Waals surface area contributed by atoms with Crippen LogP contribution in [0.2, 0.25) is 0 Å². The Kier molecular flexibility index (Phi) is 9.16. The minimum Gasteiger partial charge on any atom is -0.371 e. The summed E-state index contributed by atoms with van der Waals surface area (Å²) < 4.78 is 6.09. The number of aryl methyl sites for hydroxylation is 1. The quantitative estimate of drug-likeness (QED) is 0.569. The van der Waals surface area contributed by atoms with Crippen molar-refractivity contribution >= 4 is 11.3 Å². The third-order valence-electron chi connectivity index (χ3n) is 3.70. The molecule has 1 aromatic rings. The van der Waals surface area contributed by atoms with E-state index in [9.17, 15) is 0 Å². The van der Waals surface area contributed by atoms with E-state index in [0.29, 0.717) is 0 Å². The molecule has 1 aromatic heterocycles. The van der Waals surface area contributed by atoms with Crippen LogP contribution in [-0.4, -0.2) is 12.6 Å². The average Bonchev–Trinajstić information content (AvgIpc) is 2.87. The van der Waals surface area contributed by atoms with Crippen LogP contribution in [0.25, 0.3) is 0 Å². The predicted molar refractivity (Wildman–Crippen MR) is 89.4 cm³/mol. The van der Waals surface area contributed by atoms with E-state index >= 15 is 0 Å². The Morgan fingerprint density at radius 3 is 2.40 bits per heavy atom. The van der Waals surface area contributed by atoms with Crippen LogP contribution in [0.5, 0.6) is 0 Å². The van der Waals surface area contributed by atoms with E-state index in [4.69, 9.17) is 10.5 Å². The number of thiophene rings is 1. The first kappa shape index (κ1) is 17.7. The van der Waals surface area contributed by atoms with Gasteiger partial charge in [0.05, 0.1) is 0 Å². The third kappa shape index (κ3) is 6.38. The first-order chi connectivity index (χ1) is 9.69. The monoisotopic (exact) mass is 297 g/mol. The molecule has 2 N–H and O–H groups in total. The van der Waals surface area contributed by atoms with Gasteiger partial charge in [0, 0.05) is 22.4 Å². The summed E-state index contributed by atoms with van der Waals surface area (Å²) in [6.45, 7) is 7.35. The van der Waals surface area contributed by atoms with Crippen molar-refractivity contribution in [2.45, 2.75) is 77.9 Å². The SMILES string of the molecule is CCCCCCCCOC(c1ccc(C)s1)C(N)CC. The second kappa shape index (κ2) is 10.4. The molecule has 0 saturated carbocycles. The van der Waals surface area contributed by atoms with Gasteiger partial charge in [-0.1, -0.05) is 46.0 Å². The van der Waals surface area contributed by atoms with Crippen LogP contribution in [0, 0.1) is 6.92 Å². The Labute approximate surface area is 128 Å². The highest BCUT2D eigenvalue weighted by molar-refractivity contribution is 7.12. The normalized spacial score (nSPS) is 14.4. The Morgan fingerprint density at radius 1 is 1.10 bits per heavy atom. The summed E-state index contributed by atoms with van der Waals surface area (Å²) in [7, 11) is 0. The zero-order valence-electron chi connectivity index (χ0n) is 13.4. The maximum atomic E-state index is 6.22. The van der Waals surface area contributed by atoms with Crippen LogP contribution in [0.4, 0.5) is 0 Å². The summed E-state index contributed by atoms with van der Waals surface area (Å²) in [5.41, 5.74) is 6.22. The number of hydrogen-bond donors (Lipinski definition) is 1. The molecule has 0 radical (unpaired) electrons. The van der Waals surface area contributed by atoms with Crippen molar-refractivity contribution in [1.82, 2.24) is 0 Å². The number of rotatable bonds is 11. The molecular weight excluding hydrogens is 266 g/mol. The lowest BCUT2D eigenvalue weighted by Crippen LogP contribution is -2.29. The van der Waals surface area contributed by atoms with Crippen molar-refractivity contribution in [3.05, 3.63) is 21.9 Å². The second-order valence-corrected chi connectivity index (χ2v) is 6.90. The van der Waals surface area contributed by atoms with Gasteiger partial charge in [-0.15, -0.1) is 11.3 Å². The zero-order chi connectivity index (χ0) is 14.8. The summed E-state index contributed by atoms with van der Waals surface area (Å²) in [4.78, 5) is 2.61. The molecule has 0 aromatic carbocycles. The van der Waals surface area contributed by atoms with Gasteiger partial charge in [0.25, 0.3) is 0 Å². The molecule has 1 rings (SSSR count). The van der Waals surface area contributed by atoms with Crippen molar-refractivity contribution < 1.29 is 4.74 Å². The van der Waals surface area contributed by atoms with E-state index in [2.05, 4.69) is 32.9 Å². The Balaban J connectivity index is 2.31. The molecule has 0 aliphatic heterocycles. The highest BCUT2D eigenvalue weighted by Crippen LogP contribution is 2.29. The summed E-state index contributed by atoms with van der Waals surface area (Å²) in [5, 5.41) is 0. The first-order valence-electron chi connectivity index (χ1n) is 8.12. The molecule has 2 nitrogen and oxygen atoms in total. The van der Waals surface area contributed by atoms with Crippen molar-refractivity contribution in [1.29, 1.82) is 0 Å². The molecule has 0 saturated heterocycles. The van der Waals surface area contributed by atoms with E-state index in [1.54, 1.807) is 0 Å². The molecule has 2 atom stereocenters. The Morgan fingerprint density at radius 2 is 1.80 bits per heavy atom. The fourth-order valence-electron chi connectivity index (χ4n) is 2.33. The first-order valence-corrected chi connectivity index (χ1v) is 8.94. The lowest BCUT2D eigenvalue weighted by molar-refractivity contribution is 0.0334. The number of ether oxygens (including phenoxy) is 1. The van der Waals surface area contributed by atoms with Crippen molar-refractivity contribution in [2.75, 3.05) is 6.61 Å². The number of unbranched alkanes of at least 4 members (excludes halogenated alkanes) is 5. The maximum Gasteiger partial charge on any atom is 0.107 e. The van der Waals surface area contributed by atoms with Crippen LogP contribution < -0.4 is 5.73 Å². The minimum atomic E-state index is 0.0781. The van der Waals surface area contributed by atoms with E-state index < -0.39 is 0 Å². The van der Waals surface area contributed by atoms with Gasteiger partial charge in [-0.05, 0) is 31.9 Å². The van der Waals surface area contributed by atoms with E-state index in [1.807, 2.05) is 11.3 Å². The van der Waals surface area contributed by atoms with Crippen molar-refractivity contribution in [3.8, 4) is 0 Å². The predicted octanol–water partition coefficient (Wildman–Crippen LogP) is 5.21. The van der Waals surface area contributed by atoms with E-state index in [-0.39, 0.29) is 12.1 Å². The third-order valence-corrected chi connectivity index (χ3v) is 4.76. The Bertz CT molecular complexity index is 351. The van der Waals surface area contributed by atoms with Crippen molar-refractivity contribution in [2.24, 2.45) is 5.73 Å². The lowest BCUT2D eigenvalue weighted by Gasteiger charge is -2.22. The zero-order valence-corrected chi connectivity index (χ0v) is 14.2. The maximum absolute atomic E-state index is 6.22. The molecule has 0 fully saturated rings. The number of hydrogen-bond acceptors (Lipinski definition) is 3. The van der Waals surface area contributed by atoms with E-state index in [0.717, 1.165) is 19.4 Å². The molecule has 2 unspecified atom stereocenters. The molecule has 20 heavy (non-hydrogen) atoms. The average molecular weight is 298 g/mol. The van der Waals surface area contributed by atoms with Crippen LogP contribution in [0.3, 0.4) is 0 Å². The minimum absolute atomic E-state index is 0.0781. The number of nitrogens with two attached hydrogens (primary N) is 1. The molecule has 116 valence electrons. The van der Waals surface area contributed by atoms with Crippen LogP contribution >= 0.6 is 11.3 Å². The van der Waals surface area contributed by atoms with Gasteiger partial charge in [-0.2, -0.15) is 0 Å². The highest BCUT2D eigenvalue weighted by Gasteiger charge is 2.20. The molecule has 0 spiro atoms. The second-order valence-electron chi connectivity index (χ2n) is 5.58. The van der Waals surface area contributed by atoms with Gasteiger partial charge < -0.3 is 10.5 Å². The molecule has 0 aliphatic rings. The van der Waals surface area contributed by atoms with Gasteiger partial charge in [0.15, 0.2) is 0 Å². The molecule has 1 heterocycles. The van der Waals surface area contributed by atoms with Crippen LogP contribution in [0.1, 0.15) is 74.7 Å². The largest absolute Gasteiger partial charge is 0.371 e. The summed E-state index contributed by atoms with van der Waals surface area (Å²) >= 11 is 1.81. The van der Waals surface area contributed by atoms with Crippen molar-refractivity contribution in [3.63, 3.8) is 0 Å². The lowest BCUT2D eigenvalue weighted by atomic mass is 10.1. The van der Waals surface area contributed by atoms with Gasteiger partial charge in [0.1, 0.15) is 6.10 Å². The van der Waals surface area contributed by atoms with Gasteiger partial charge in [0.2, 0.25) is 0 Å². The molecule has 0 bridgehead atoms. The molecule has 0 amide bonds. The van der Waals surface area contributed by atoms with Gasteiger partial charge >= 0.3 is 0 Å². The van der Waals surface area contributed by atoms with Gasteiger partial charge in [-0.25, -0.2) is 0 Å². The summed E-state index contributed by atoms with van der Waals surface area (Å²) in [6, 6.07) is 4.43. The standard InChI is InChI=1S/C17H31NOS/c1-4-6-7-8-9-10-13-19-17(15(18)5-2)16-12-11-14(3)20-16/h11-12,15,17H,4-10,13,18H2,1-3H3. The molecule has 3 heteroatoms. The molecular formula is C17H31NOS. The highest BCUT2D eigenvalue weighted by atomic mass is 32.1. The van der Waals surface area contributed by atoms with Crippen LogP contribution in [-0.2, 0) is 4.74 Å². The Hall–Kier alpha value is -0.380. The smallest absolute Gasteiger partial charge is 0.107 e. The van der Waals surface area contributed by atoms with Crippen LogP contribution in [0.15, 0.2) is 12.1 Å². The summed E-state index contributed by atoms with van der Waals surface area (Å²) in [6.07, 6.45) is 8.82. The fraction of sp³-hybridized carbons (Fsp3) is 0.765.